The van der Waals surface area contributed by atoms with Crippen LogP contribution in [0.5, 0.6) is 0 Å². The number of halogens is 1. The number of nitrogens with one attached hydrogen (secondary N) is 2. The number of hydrogen-bond acceptors (Lipinski definition) is 1. The Labute approximate surface area is 135 Å². The summed E-state index contributed by atoms with van der Waals surface area (Å²) in [5.41, 5.74) is 0.603. The Balaban J connectivity index is 1.67. The van der Waals surface area contributed by atoms with Gasteiger partial charge in [0.15, 0.2) is 0 Å². The Bertz CT molecular complexity index is 511. The fourth-order valence-corrected chi connectivity index (χ4v) is 5.01. The van der Waals surface area contributed by atoms with E-state index in [0.717, 1.165) is 35.1 Å². The summed E-state index contributed by atoms with van der Waals surface area (Å²) < 4.78 is 0.920. The third kappa shape index (κ3) is 3.36. The van der Waals surface area contributed by atoms with Gasteiger partial charge in [0.1, 0.15) is 5.69 Å². The summed E-state index contributed by atoms with van der Waals surface area (Å²) in [5.74, 6) is 2.52. The highest BCUT2D eigenvalue weighted by Crippen LogP contribution is 2.47. The minimum absolute atomic E-state index is 0.0233. The zero-order valence-electron chi connectivity index (χ0n) is 12.9. The number of carbonyl (C=O) groups is 1. The van der Waals surface area contributed by atoms with Crippen molar-refractivity contribution in [3.05, 3.63) is 22.4 Å². The van der Waals surface area contributed by atoms with E-state index in [1.807, 2.05) is 6.07 Å². The molecular formula is C17H25BrN2O. The van der Waals surface area contributed by atoms with Crippen LogP contribution < -0.4 is 5.32 Å². The predicted molar refractivity (Wildman–Crippen MR) is 88.2 cm³/mol. The number of amides is 1. The van der Waals surface area contributed by atoms with Gasteiger partial charge in [-0.1, -0.05) is 13.3 Å². The Morgan fingerprint density at radius 2 is 2.05 bits per heavy atom. The van der Waals surface area contributed by atoms with E-state index in [9.17, 15) is 4.79 Å². The first-order chi connectivity index (χ1) is 9.97. The lowest BCUT2D eigenvalue weighted by molar-refractivity contribution is 0.0575. The first kappa shape index (κ1) is 15.1. The fraction of sp³-hybridized carbons (Fsp3) is 0.706. The van der Waals surface area contributed by atoms with E-state index < -0.39 is 0 Å². The molecule has 0 radical (unpaired) electrons. The molecule has 2 saturated carbocycles. The fourth-order valence-electron chi connectivity index (χ4n) is 4.67. The van der Waals surface area contributed by atoms with Crippen LogP contribution in [0.25, 0.3) is 0 Å². The number of carbonyl (C=O) groups excluding carboxylic acids is 1. The molecule has 2 fully saturated rings. The zero-order valence-corrected chi connectivity index (χ0v) is 14.5. The summed E-state index contributed by atoms with van der Waals surface area (Å²) in [7, 11) is 0. The average Bonchev–Trinajstić information content (AvgIpc) is 2.83. The minimum atomic E-state index is -0.0407. The van der Waals surface area contributed by atoms with E-state index in [-0.39, 0.29) is 11.4 Å². The van der Waals surface area contributed by atoms with Crippen LogP contribution in [-0.4, -0.2) is 16.4 Å². The molecule has 0 saturated heterocycles. The van der Waals surface area contributed by atoms with Gasteiger partial charge in [-0.15, -0.1) is 0 Å². The highest BCUT2D eigenvalue weighted by molar-refractivity contribution is 9.10. The summed E-state index contributed by atoms with van der Waals surface area (Å²) >= 11 is 3.38. The quantitative estimate of drug-likeness (QED) is 0.826. The molecule has 4 heteroatoms. The summed E-state index contributed by atoms with van der Waals surface area (Å²) in [4.78, 5) is 15.4. The van der Waals surface area contributed by atoms with Crippen molar-refractivity contribution in [2.24, 2.45) is 17.8 Å². The molecule has 2 unspecified atom stereocenters. The normalized spacial score (nSPS) is 35.5. The van der Waals surface area contributed by atoms with Crippen LogP contribution in [0.1, 0.15) is 62.9 Å². The number of aromatic amines is 1. The average molecular weight is 353 g/mol. The van der Waals surface area contributed by atoms with Gasteiger partial charge in [-0.25, -0.2) is 0 Å². The second-order valence-corrected chi connectivity index (χ2v) is 8.28. The Morgan fingerprint density at radius 3 is 2.57 bits per heavy atom. The Morgan fingerprint density at radius 1 is 1.38 bits per heavy atom. The molecule has 2 atom stereocenters. The number of fused-ring (bicyclic) bond motifs is 2. The molecule has 0 aromatic carbocycles. The molecule has 2 aliphatic carbocycles. The molecule has 2 bridgehead atoms. The summed E-state index contributed by atoms with van der Waals surface area (Å²) in [6.45, 7) is 4.55. The molecule has 2 N–H and O–H groups in total. The second kappa shape index (κ2) is 5.79. The highest BCUT2D eigenvalue weighted by atomic mass is 79.9. The minimum Gasteiger partial charge on any atom is -0.356 e. The monoisotopic (exact) mass is 352 g/mol. The molecule has 21 heavy (non-hydrogen) atoms. The summed E-state index contributed by atoms with van der Waals surface area (Å²) in [6.07, 6.45) is 9.46. The smallest absolute Gasteiger partial charge is 0.268 e. The maximum atomic E-state index is 12.4. The third-order valence-electron chi connectivity index (χ3n) is 5.36. The van der Waals surface area contributed by atoms with Crippen LogP contribution in [0.4, 0.5) is 0 Å². The van der Waals surface area contributed by atoms with Gasteiger partial charge in [0.05, 0.1) is 0 Å². The highest BCUT2D eigenvalue weighted by Gasteiger charge is 2.42. The van der Waals surface area contributed by atoms with Crippen LogP contribution in [0.15, 0.2) is 16.7 Å². The van der Waals surface area contributed by atoms with Gasteiger partial charge >= 0.3 is 0 Å². The largest absolute Gasteiger partial charge is 0.356 e. The second-order valence-electron chi connectivity index (χ2n) is 7.37. The number of hydrogen-bond donors (Lipinski definition) is 2. The SMILES string of the molecule is CCC1CC2CC(C1)CC(C)(NC(=O)c1cc(Br)c[nH]1)C2. The van der Waals surface area contributed by atoms with Crippen molar-refractivity contribution in [3.63, 3.8) is 0 Å². The van der Waals surface area contributed by atoms with Crippen molar-refractivity contribution in [3.8, 4) is 0 Å². The van der Waals surface area contributed by atoms with Crippen LogP contribution in [0.3, 0.4) is 0 Å². The maximum absolute atomic E-state index is 12.4. The molecule has 1 amide bonds. The molecule has 116 valence electrons. The van der Waals surface area contributed by atoms with Crippen molar-refractivity contribution in [1.82, 2.24) is 10.3 Å². The third-order valence-corrected chi connectivity index (χ3v) is 5.82. The molecule has 3 rings (SSSR count). The number of H-pyrrole nitrogens is 1. The number of aromatic nitrogens is 1. The van der Waals surface area contributed by atoms with Crippen molar-refractivity contribution >= 4 is 21.8 Å². The molecule has 3 nitrogen and oxygen atoms in total. The van der Waals surface area contributed by atoms with Gasteiger partial charge < -0.3 is 10.3 Å². The standard InChI is InChI=1S/C17H25BrN2O/c1-3-11-4-12-6-13(5-11)9-17(2,8-12)20-16(21)15-7-14(18)10-19-15/h7,10-13,19H,3-6,8-9H2,1-2H3,(H,20,21). The van der Waals surface area contributed by atoms with E-state index in [2.05, 4.69) is 40.1 Å². The van der Waals surface area contributed by atoms with Crippen LogP contribution in [-0.2, 0) is 0 Å². The van der Waals surface area contributed by atoms with Gasteiger partial charge in [-0.2, -0.15) is 0 Å². The topological polar surface area (TPSA) is 44.9 Å². The van der Waals surface area contributed by atoms with Crippen LogP contribution in [0.2, 0.25) is 0 Å². The lowest BCUT2D eigenvalue weighted by Gasteiger charge is -2.48. The van der Waals surface area contributed by atoms with Gasteiger partial charge in [0.2, 0.25) is 0 Å². The Kier molecular flexibility index (Phi) is 4.17. The van der Waals surface area contributed by atoms with Gasteiger partial charge in [0, 0.05) is 16.2 Å². The molecule has 1 aromatic rings. The van der Waals surface area contributed by atoms with Gasteiger partial charge in [0.25, 0.3) is 5.91 Å². The molecule has 0 aliphatic heterocycles. The molecular weight excluding hydrogens is 328 g/mol. The van der Waals surface area contributed by atoms with Gasteiger partial charge in [-0.05, 0) is 78.8 Å². The predicted octanol–water partition coefficient (Wildman–Crippen LogP) is 4.50. The van der Waals surface area contributed by atoms with E-state index in [1.54, 1.807) is 6.20 Å². The van der Waals surface area contributed by atoms with E-state index >= 15 is 0 Å². The van der Waals surface area contributed by atoms with Crippen molar-refractivity contribution in [2.45, 2.75) is 57.9 Å². The molecule has 2 aliphatic rings. The van der Waals surface area contributed by atoms with Crippen molar-refractivity contribution < 1.29 is 4.79 Å². The maximum Gasteiger partial charge on any atom is 0.268 e. The first-order valence-corrected chi connectivity index (χ1v) is 8.93. The lowest BCUT2D eigenvalue weighted by atomic mass is 9.62. The molecule has 0 spiro atoms. The zero-order chi connectivity index (χ0) is 15.0. The number of rotatable bonds is 3. The summed E-state index contributed by atoms with van der Waals surface area (Å²) in [6, 6.07) is 1.84. The lowest BCUT2D eigenvalue weighted by Crippen LogP contribution is -2.52. The van der Waals surface area contributed by atoms with Crippen molar-refractivity contribution in [1.29, 1.82) is 0 Å². The first-order valence-electron chi connectivity index (χ1n) is 8.14. The molecule has 1 aromatic heterocycles. The van der Waals surface area contributed by atoms with Crippen molar-refractivity contribution in [2.75, 3.05) is 0 Å². The van der Waals surface area contributed by atoms with E-state index in [4.69, 9.17) is 0 Å². The van der Waals surface area contributed by atoms with Crippen LogP contribution >= 0.6 is 15.9 Å². The van der Waals surface area contributed by atoms with Gasteiger partial charge in [-0.3, -0.25) is 4.79 Å². The van der Waals surface area contributed by atoms with E-state index in [0.29, 0.717) is 5.69 Å². The summed E-state index contributed by atoms with van der Waals surface area (Å²) in [5, 5.41) is 3.30. The Hall–Kier alpha value is -0.770. The van der Waals surface area contributed by atoms with E-state index in [1.165, 1.54) is 25.7 Å². The van der Waals surface area contributed by atoms with Crippen LogP contribution in [0, 0.1) is 17.8 Å². The molecule has 1 heterocycles.